The molecule has 0 heterocycles. The van der Waals surface area contributed by atoms with Crippen molar-refractivity contribution in [1.29, 1.82) is 0 Å². The highest BCUT2D eigenvalue weighted by atomic mass is 35.5. The number of aromatic hydroxyl groups is 1. The van der Waals surface area contributed by atoms with Gasteiger partial charge in [-0.25, -0.2) is 8.42 Å². The summed E-state index contributed by atoms with van der Waals surface area (Å²) >= 11 is 6.04. The lowest BCUT2D eigenvalue weighted by Gasteiger charge is -2.10. The SMILES string of the molecule is CCS(=O)(=O)c1ccc(O)c(NC(=O)CCc2ccccc2Cl)c1. The van der Waals surface area contributed by atoms with Crippen molar-refractivity contribution in [3.8, 4) is 5.75 Å². The normalized spacial score (nSPS) is 11.2. The quantitative estimate of drug-likeness (QED) is 0.766. The monoisotopic (exact) mass is 367 g/mol. The van der Waals surface area contributed by atoms with E-state index in [0.29, 0.717) is 11.4 Å². The molecule has 0 saturated heterocycles. The Morgan fingerprint density at radius 1 is 1.21 bits per heavy atom. The van der Waals surface area contributed by atoms with Crippen LogP contribution in [0.5, 0.6) is 5.75 Å². The van der Waals surface area contributed by atoms with Crippen LogP contribution in [0.3, 0.4) is 0 Å². The van der Waals surface area contributed by atoms with E-state index in [0.717, 1.165) is 5.56 Å². The lowest BCUT2D eigenvalue weighted by Crippen LogP contribution is -2.13. The molecule has 0 saturated carbocycles. The third-order valence-corrected chi connectivity index (χ3v) is 5.66. The number of hydrogen-bond acceptors (Lipinski definition) is 4. The summed E-state index contributed by atoms with van der Waals surface area (Å²) in [7, 11) is -3.41. The van der Waals surface area contributed by atoms with Gasteiger partial charge in [-0.3, -0.25) is 4.79 Å². The van der Waals surface area contributed by atoms with E-state index in [1.54, 1.807) is 6.07 Å². The van der Waals surface area contributed by atoms with Crippen LogP contribution in [0.1, 0.15) is 18.9 Å². The molecule has 24 heavy (non-hydrogen) atoms. The first-order valence-corrected chi connectivity index (χ1v) is 9.45. The Bertz CT molecular complexity index is 849. The van der Waals surface area contributed by atoms with Gasteiger partial charge in [0.1, 0.15) is 5.75 Å². The standard InChI is InChI=1S/C17H18ClNO4S/c1-2-24(22,23)13-8-9-16(20)15(11-13)19-17(21)10-7-12-5-3-4-6-14(12)18/h3-6,8-9,11,20H,2,7,10H2,1H3,(H,19,21). The van der Waals surface area contributed by atoms with Gasteiger partial charge in [-0.05, 0) is 36.2 Å². The van der Waals surface area contributed by atoms with Gasteiger partial charge in [0.25, 0.3) is 0 Å². The van der Waals surface area contributed by atoms with Crippen LogP contribution in [-0.2, 0) is 21.1 Å². The molecule has 0 aliphatic heterocycles. The molecule has 2 aromatic carbocycles. The van der Waals surface area contributed by atoms with Crippen molar-refractivity contribution < 1.29 is 18.3 Å². The predicted octanol–water partition coefficient (Wildman–Crippen LogP) is 3.41. The molecule has 2 rings (SSSR count). The molecule has 0 radical (unpaired) electrons. The number of carbonyl (C=O) groups excluding carboxylic acids is 1. The molecule has 0 atom stereocenters. The molecule has 5 nitrogen and oxygen atoms in total. The highest BCUT2D eigenvalue weighted by molar-refractivity contribution is 7.91. The van der Waals surface area contributed by atoms with Gasteiger partial charge in [0.05, 0.1) is 16.3 Å². The number of amides is 1. The minimum atomic E-state index is -3.41. The van der Waals surface area contributed by atoms with E-state index in [1.807, 2.05) is 18.2 Å². The maximum absolute atomic E-state index is 12.1. The fourth-order valence-corrected chi connectivity index (χ4v) is 3.27. The maximum atomic E-state index is 12.1. The molecule has 0 aliphatic carbocycles. The maximum Gasteiger partial charge on any atom is 0.224 e. The van der Waals surface area contributed by atoms with Crippen molar-refractivity contribution in [2.24, 2.45) is 0 Å². The summed E-state index contributed by atoms with van der Waals surface area (Å²) in [6, 6.07) is 11.1. The number of sulfone groups is 1. The first kappa shape index (κ1) is 18.3. The number of benzene rings is 2. The molecule has 1 amide bonds. The van der Waals surface area contributed by atoms with E-state index < -0.39 is 9.84 Å². The fraction of sp³-hybridized carbons (Fsp3) is 0.235. The molecule has 0 spiro atoms. The van der Waals surface area contributed by atoms with E-state index in [-0.39, 0.29) is 34.4 Å². The van der Waals surface area contributed by atoms with Crippen LogP contribution < -0.4 is 5.32 Å². The number of nitrogens with one attached hydrogen (secondary N) is 1. The Hall–Kier alpha value is -2.05. The topological polar surface area (TPSA) is 83.5 Å². The highest BCUT2D eigenvalue weighted by Gasteiger charge is 2.15. The summed E-state index contributed by atoms with van der Waals surface area (Å²) in [5.41, 5.74) is 0.925. The van der Waals surface area contributed by atoms with E-state index in [4.69, 9.17) is 11.6 Å². The van der Waals surface area contributed by atoms with Gasteiger partial charge in [0.15, 0.2) is 9.84 Å². The van der Waals surface area contributed by atoms with E-state index in [2.05, 4.69) is 5.32 Å². The fourth-order valence-electron chi connectivity index (χ4n) is 2.14. The molecule has 2 aromatic rings. The Kier molecular flexibility index (Phi) is 5.85. The molecule has 2 N–H and O–H groups in total. The molecule has 128 valence electrons. The van der Waals surface area contributed by atoms with Crippen LogP contribution in [0.2, 0.25) is 5.02 Å². The lowest BCUT2D eigenvalue weighted by atomic mass is 10.1. The number of rotatable bonds is 6. The van der Waals surface area contributed by atoms with Gasteiger partial charge >= 0.3 is 0 Å². The number of phenols is 1. The second-order valence-electron chi connectivity index (χ2n) is 5.22. The molecule has 0 aromatic heterocycles. The minimum absolute atomic E-state index is 0.0579. The zero-order valence-corrected chi connectivity index (χ0v) is 14.7. The summed E-state index contributed by atoms with van der Waals surface area (Å²) in [6.07, 6.45) is 0.604. The van der Waals surface area contributed by atoms with Gasteiger partial charge in [-0.15, -0.1) is 0 Å². The minimum Gasteiger partial charge on any atom is -0.506 e. The smallest absolute Gasteiger partial charge is 0.224 e. The number of aryl methyl sites for hydroxylation is 1. The summed E-state index contributed by atoms with van der Waals surface area (Å²) in [6.45, 7) is 1.53. The summed E-state index contributed by atoms with van der Waals surface area (Å²) < 4.78 is 23.8. The average molecular weight is 368 g/mol. The average Bonchev–Trinajstić information content (AvgIpc) is 2.56. The van der Waals surface area contributed by atoms with Gasteiger partial charge in [-0.2, -0.15) is 0 Å². The van der Waals surface area contributed by atoms with Crippen molar-refractivity contribution in [2.45, 2.75) is 24.7 Å². The lowest BCUT2D eigenvalue weighted by molar-refractivity contribution is -0.116. The second kappa shape index (κ2) is 7.68. The van der Waals surface area contributed by atoms with E-state index >= 15 is 0 Å². The van der Waals surface area contributed by atoms with Crippen LogP contribution in [0.15, 0.2) is 47.4 Å². The van der Waals surface area contributed by atoms with Crippen molar-refractivity contribution >= 4 is 33.0 Å². The largest absolute Gasteiger partial charge is 0.506 e. The van der Waals surface area contributed by atoms with Crippen molar-refractivity contribution in [3.05, 3.63) is 53.1 Å². The predicted molar refractivity (Wildman–Crippen MR) is 94.2 cm³/mol. The zero-order valence-electron chi connectivity index (χ0n) is 13.1. The van der Waals surface area contributed by atoms with Gasteiger partial charge in [0, 0.05) is 11.4 Å². The number of halogens is 1. The van der Waals surface area contributed by atoms with Crippen LogP contribution in [0.4, 0.5) is 5.69 Å². The Morgan fingerprint density at radius 2 is 1.92 bits per heavy atom. The summed E-state index contributed by atoms with van der Waals surface area (Å²) in [5.74, 6) is -0.579. The van der Waals surface area contributed by atoms with Gasteiger partial charge in [0.2, 0.25) is 5.91 Å². The Balaban J connectivity index is 2.09. The van der Waals surface area contributed by atoms with Crippen molar-refractivity contribution in [2.75, 3.05) is 11.1 Å². The number of carbonyl (C=O) groups is 1. The number of phenolic OH excluding ortho intramolecular Hbond substituents is 1. The number of hydrogen-bond donors (Lipinski definition) is 2. The van der Waals surface area contributed by atoms with Gasteiger partial charge < -0.3 is 10.4 Å². The molecule has 7 heteroatoms. The second-order valence-corrected chi connectivity index (χ2v) is 7.91. The number of anilines is 1. The Morgan fingerprint density at radius 3 is 2.58 bits per heavy atom. The molecule has 0 unspecified atom stereocenters. The van der Waals surface area contributed by atoms with E-state index in [1.165, 1.54) is 25.1 Å². The molecular weight excluding hydrogens is 350 g/mol. The summed E-state index contributed by atoms with van der Waals surface area (Å²) in [4.78, 5) is 12.1. The molecule has 0 aliphatic rings. The molecule has 0 fully saturated rings. The first-order valence-electron chi connectivity index (χ1n) is 7.42. The van der Waals surface area contributed by atoms with Crippen LogP contribution in [-0.4, -0.2) is 25.2 Å². The van der Waals surface area contributed by atoms with Crippen molar-refractivity contribution in [3.63, 3.8) is 0 Å². The van der Waals surface area contributed by atoms with Crippen molar-refractivity contribution in [1.82, 2.24) is 0 Å². The third-order valence-electron chi connectivity index (χ3n) is 3.56. The highest BCUT2D eigenvalue weighted by Crippen LogP contribution is 2.27. The summed E-state index contributed by atoms with van der Waals surface area (Å²) in [5, 5.41) is 12.9. The van der Waals surface area contributed by atoms with E-state index in [9.17, 15) is 18.3 Å². The van der Waals surface area contributed by atoms with Crippen LogP contribution in [0, 0.1) is 0 Å². The molecule has 0 bridgehead atoms. The molecular formula is C17H18ClNO4S. The Labute approximate surface area is 146 Å². The zero-order chi connectivity index (χ0) is 17.7. The third kappa shape index (κ3) is 4.49. The van der Waals surface area contributed by atoms with Crippen LogP contribution >= 0.6 is 11.6 Å². The first-order chi connectivity index (χ1) is 11.3. The van der Waals surface area contributed by atoms with Gasteiger partial charge in [-0.1, -0.05) is 36.7 Å². The van der Waals surface area contributed by atoms with Crippen LogP contribution in [0.25, 0.3) is 0 Å².